The second kappa shape index (κ2) is 9.86. The van der Waals surface area contributed by atoms with E-state index in [1.165, 1.54) is 19.2 Å². The number of nitrogens with one attached hydrogen (secondary N) is 2. The molecule has 0 heterocycles. The molecule has 0 bridgehead atoms. The van der Waals surface area contributed by atoms with Crippen molar-refractivity contribution < 1.29 is 18.7 Å². The molecule has 25 heavy (non-hydrogen) atoms. The standard InChI is InChI=1S/C18H21FN2O3.ClH/c1-12-4-6-16(17(10-12)23-3)24-15-7-5-13(11-14(15)19)21-18(22)8-9-20-2;/h4-7,10-11,20H,8-9H2,1-3H3,(H,21,22);1H. The molecule has 2 N–H and O–H groups in total. The molecule has 0 spiro atoms. The molecule has 0 atom stereocenters. The lowest BCUT2D eigenvalue weighted by molar-refractivity contribution is -0.116. The molecular weight excluding hydrogens is 347 g/mol. The van der Waals surface area contributed by atoms with Gasteiger partial charge in [-0.3, -0.25) is 4.79 Å². The van der Waals surface area contributed by atoms with Gasteiger partial charge in [0.1, 0.15) is 0 Å². The van der Waals surface area contributed by atoms with Crippen molar-refractivity contribution in [1.82, 2.24) is 5.32 Å². The van der Waals surface area contributed by atoms with Gasteiger partial charge >= 0.3 is 0 Å². The zero-order valence-electron chi connectivity index (χ0n) is 14.4. The molecule has 0 fully saturated rings. The van der Waals surface area contributed by atoms with Crippen molar-refractivity contribution in [3.63, 3.8) is 0 Å². The van der Waals surface area contributed by atoms with Gasteiger partial charge in [-0.2, -0.15) is 0 Å². The molecule has 1 amide bonds. The number of carbonyl (C=O) groups excluding carboxylic acids is 1. The predicted octanol–water partition coefficient (Wildman–Crippen LogP) is 3.90. The minimum Gasteiger partial charge on any atom is -0.493 e. The van der Waals surface area contributed by atoms with Crippen LogP contribution in [0.4, 0.5) is 10.1 Å². The van der Waals surface area contributed by atoms with Gasteiger partial charge in [-0.15, -0.1) is 12.4 Å². The molecule has 136 valence electrons. The second-order valence-corrected chi connectivity index (χ2v) is 5.30. The van der Waals surface area contributed by atoms with Crippen LogP contribution >= 0.6 is 12.4 Å². The van der Waals surface area contributed by atoms with E-state index in [0.717, 1.165) is 5.56 Å². The van der Waals surface area contributed by atoms with Crippen molar-refractivity contribution >= 4 is 24.0 Å². The summed E-state index contributed by atoms with van der Waals surface area (Å²) in [5.74, 6) is 0.263. The Labute approximate surface area is 152 Å². The molecule has 2 rings (SSSR count). The van der Waals surface area contributed by atoms with Crippen LogP contribution in [0.3, 0.4) is 0 Å². The Bertz CT molecular complexity index is 725. The summed E-state index contributed by atoms with van der Waals surface area (Å²) in [5, 5.41) is 5.52. The fraction of sp³-hybridized carbons (Fsp3) is 0.278. The summed E-state index contributed by atoms with van der Waals surface area (Å²) in [6.07, 6.45) is 0.316. The molecule has 0 radical (unpaired) electrons. The highest BCUT2D eigenvalue weighted by Gasteiger charge is 2.11. The summed E-state index contributed by atoms with van der Waals surface area (Å²) >= 11 is 0. The lowest BCUT2D eigenvalue weighted by Gasteiger charge is -2.12. The fourth-order valence-electron chi connectivity index (χ4n) is 2.10. The maximum atomic E-state index is 14.2. The number of hydrogen-bond donors (Lipinski definition) is 2. The molecule has 5 nitrogen and oxygen atoms in total. The highest BCUT2D eigenvalue weighted by molar-refractivity contribution is 5.90. The number of benzene rings is 2. The van der Waals surface area contributed by atoms with E-state index in [1.54, 1.807) is 19.2 Å². The first-order valence-electron chi connectivity index (χ1n) is 7.60. The van der Waals surface area contributed by atoms with E-state index in [1.807, 2.05) is 19.1 Å². The monoisotopic (exact) mass is 368 g/mol. The molecule has 7 heteroatoms. The molecule has 0 saturated heterocycles. The van der Waals surface area contributed by atoms with Gasteiger partial charge in [0.2, 0.25) is 5.91 Å². The van der Waals surface area contributed by atoms with Crippen LogP contribution < -0.4 is 20.1 Å². The second-order valence-electron chi connectivity index (χ2n) is 5.30. The van der Waals surface area contributed by atoms with E-state index in [4.69, 9.17) is 9.47 Å². The number of amides is 1. The third kappa shape index (κ3) is 5.92. The third-order valence-electron chi connectivity index (χ3n) is 3.36. The summed E-state index contributed by atoms with van der Waals surface area (Å²) in [7, 11) is 3.29. The van der Waals surface area contributed by atoms with E-state index in [9.17, 15) is 9.18 Å². The number of rotatable bonds is 7. The maximum absolute atomic E-state index is 14.2. The highest BCUT2D eigenvalue weighted by Crippen LogP contribution is 2.34. The fourth-order valence-corrected chi connectivity index (χ4v) is 2.10. The molecular formula is C18H22ClFN2O3. The average molecular weight is 369 g/mol. The number of aryl methyl sites for hydroxylation is 1. The van der Waals surface area contributed by atoms with Crippen molar-refractivity contribution in [2.45, 2.75) is 13.3 Å². The van der Waals surface area contributed by atoms with Crippen LogP contribution in [0.2, 0.25) is 0 Å². The number of hydrogen-bond acceptors (Lipinski definition) is 4. The van der Waals surface area contributed by atoms with Gasteiger partial charge in [0, 0.05) is 24.7 Å². The van der Waals surface area contributed by atoms with Crippen LogP contribution in [0.1, 0.15) is 12.0 Å². The van der Waals surface area contributed by atoms with E-state index >= 15 is 0 Å². The summed E-state index contributed by atoms with van der Waals surface area (Å²) in [5.41, 5.74) is 1.40. The quantitative estimate of drug-likeness (QED) is 0.778. The van der Waals surface area contributed by atoms with E-state index in [-0.39, 0.29) is 24.1 Å². The zero-order chi connectivity index (χ0) is 17.5. The van der Waals surface area contributed by atoms with Crippen molar-refractivity contribution in [3.05, 3.63) is 47.8 Å². The van der Waals surface area contributed by atoms with Crippen LogP contribution in [0, 0.1) is 12.7 Å². The van der Waals surface area contributed by atoms with Crippen LogP contribution in [0.25, 0.3) is 0 Å². The Morgan fingerprint density at radius 2 is 1.84 bits per heavy atom. The van der Waals surface area contributed by atoms with Gasteiger partial charge in [-0.05, 0) is 43.8 Å². The smallest absolute Gasteiger partial charge is 0.225 e. The first kappa shape index (κ1) is 20.7. The Kier molecular flexibility index (Phi) is 8.18. The summed E-state index contributed by atoms with van der Waals surface area (Å²) < 4.78 is 25.1. The summed E-state index contributed by atoms with van der Waals surface area (Å²) in [4.78, 5) is 11.7. The van der Waals surface area contributed by atoms with Crippen molar-refractivity contribution in [1.29, 1.82) is 0 Å². The Morgan fingerprint density at radius 1 is 1.12 bits per heavy atom. The Hall–Kier alpha value is -2.31. The number of methoxy groups -OCH3 is 1. The maximum Gasteiger partial charge on any atom is 0.225 e. The molecule has 0 aliphatic carbocycles. The number of halogens is 2. The molecule has 2 aromatic rings. The topological polar surface area (TPSA) is 59.6 Å². The van der Waals surface area contributed by atoms with E-state index in [0.29, 0.717) is 30.2 Å². The Balaban J connectivity index is 0.00000312. The van der Waals surface area contributed by atoms with Crippen molar-refractivity contribution in [3.8, 4) is 17.2 Å². The van der Waals surface area contributed by atoms with E-state index in [2.05, 4.69) is 10.6 Å². The lowest BCUT2D eigenvalue weighted by Crippen LogP contribution is -2.18. The highest BCUT2D eigenvalue weighted by atomic mass is 35.5. The van der Waals surface area contributed by atoms with Gasteiger partial charge in [0.15, 0.2) is 23.1 Å². The van der Waals surface area contributed by atoms with Gasteiger partial charge in [0.05, 0.1) is 7.11 Å². The SMILES string of the molecule is CNCCC(=O)Nc1ccc(Oc2ccc(C)cc2OC)c(F)c1.Cl. The first-order chi connectivity index (χ1) is 11.5. The average Bonchev–Trinajstić information content (AvgIpc) is 2.56. The first-order valence-corrected chi connectivity index (χ1v) is 7.60. The number of ether oxygens (including phenoxy) is 2. The molecule has 0 saturated carbocycles. The van der Waals surface area contributed by atoms with Crippen molar-refractivity contribution in [2.75, 3.05) is 26.0 Å². The van der Waals surface area contributed by atoms with Gasteiger partial charge < -0.3 is 20.1 Å². The van der Waals surface area contributed by atoms with Gasteiger partial charge in [-0.25, -0.2) is 4.39 Å². The minimum atomic E-state index is -0.566. The van der Waals surface area contributed by atoms with Crippen LogP contribution in [0.5, 0.6) is 17.2 Å². The summed E-state index contributed by atoms with van der Waals surface area (Å²) in [6, 6.07) is 9.68. The normalized spacial score (nSPS) is 9.92. The van der Waals surface area contributed by atoms with Crippen LogP contribution in [-0.4, -0.2) is 26.6 Å². The molecule has 0 aliphatic heterocycles. The molecule has 0 aromatic heterocycles. The molecule has 0 aliphatic rings. The third-order valence-corrected chi connectivity index (χ3v) is 3.36. The lowest BCUT2D eigenvalue weighted by atomic mass is 10.2. The molecule has 2 aromatic carbocycles. The van der Waals surface area contributed by atoms with Crippen molar-refractivity contribution in [2.24, 2.45) is 0 Å². The molecule has 0 unspecified atom stereocenters. The predicted molar refractivity (Wildman–Crippen MR) is 98.6 cm³/mol. The summed E-state index contributed by atoms with van der Waals surface area (Å²) in [6.45, 7) is 2.49. The Morgan fingerprint density at radius 3 is 2.48 bits per heavy atom. The van der Waals surface area contributed by atoms with Crippen LogP contribution in [-0.2, 0) is 4.79 Å². The van der Waals surface area contributed by atoms with E-state index < -0.39 is 5.82 Å². The number of carbonyl (C=O) groups is 1. The van der Waals surface area contributed by atoms with Gasteiger partial charge in [-0.1, -0.05) is 6.07 Å². The van der Waals surface area contributed by atoms with Crippen LogP contribution in [0.15, 0.2) is 36.4 Å². The zero-order valence-corrected chi connectivity index (χ0v) is 15.2. The van der Waals surface area contributed by atoms with Gasteiger partial charge in [0.25, 0.3) is 0 Å². The largest absolute Gasteiger partial charge is 0.493 e. The minimum absolute atomic E-state index is 0. The number of anilines is 1.